The van der Waals surface area contributed by atoms with Crippen molar-refractivity contribution in [1.29, 1.82) is 0 Å². The Hall–Kier alpha value is -1.30. The zero-order chi connectivity index (χ0) is 17.7. The molecule has 2 fully saturated rings. The Morgan fingerprint density at radius 2 is 1.83 bits per heavy atom. The van der Waals surface area contributed by atoms with Gasteiger partial charge in [0.15, 0.2) is 0 Å². The summed E-state index contributed by atoms with van der Waals surface area (Å²) in [6.07, 6.45) is 4.69. The Balaban J connectivity index is 1.70. The van der Waals surface area contributed by atoms with Gasteiger partial charge in [-0.05, 0) is 53.4 Å². The number of nitrogens with zero attached hydrogens (tertiary/aromatic N) is 2. The molecule has 0 aromatic carbocycles. The van der Waals surface area contributed by atoms with Gasteiger partial charge < -0.3 is 19.9 Å². The Bertz CT molecular complexity index is 441. The SMILES string of the molecule is CC1CC(NCCC(=O)N2CCCCC2)CN1C(=O)OC(C)(C)C. The first kappa shape index (κ1) is 19.0. The number of likely N-dealkylation sites (tertiary alicyclic amines) is 2. The monoisotopic (exact) mass is 339 g/mol. The van der Waals surface area contributed by atoms with Crippen LogP contribution in [0.5, 0.6) is 0 Å². The van der Waals surface area contributed by atoms with Crippen LogP contribution in [-0.4, -0.2) is 65.7 Å². The van der Waals surface area contributed by atoms with Gasteiger partial charge in [0.05, 0.1) is 0 Å². The molecule has 138 valence electrons. The molecule has 2 aliphatic heterocycles. The lowest BCUT2D eigenvalue weighted by molar-refractivity contribution is -0.132. The van der Waals surface area contributed by atoms with E-state index < -0.39 is 5.60 Å². The van der Waals surface area contributed by atoms with Gasteiger partial charge in [-0.3, -0.25) is 4.79 Å². The van der Waals surface area contributed by atoms with E-state index in [1.54, 1.807) is 4.90 Å². The van der Waals surface area contributed by atoms with Gasteiger partial charge in [-0.25, -0.2) is 4.79 Å². The molecule has 2 unspecified atom stereocenters. The van der Waals surface area contributed by atoms with Gasteiger partial charge in [0, 0.05) is 44.7 Å². The third kappa shape index (κ3) is 5.65. The molecular weight excluding hydrogens is 306 g/mol. The van der Waals surface area contributed by atoms with Crippen molar-refractivity contribution in [2.45, 2.75) is 77.5 Å². The van der Waals surface area contributed by atoms with Crippen LogP contribution in [0.2, 0.25) is 0 Å². The molecule has 2 amide bonds. The highest BCUT2D eigenvalue weighted by Gasteiger charge is 2.34. The zero-order valence-corrected chi connectivity index (χ0v) is 15.6. The highest BCUT2D eigenvalue weighted by molar-refractivity contribution is 5.76. The fourth-order valence-corrected chi connectivity index (χ4v) is 3.44. The number of ether oxygens (including phenoxy) is 1. The van der Waals surface area contributed by atoms with Crippen molar-refractivity contribution >= 4 is 12.0 Å². The number of amides is 2. The highest BCUT2D eigenvalue weighted by atomic mass is 16.6. The minimum absolute atomic E-state index is 0.162. The van der Waals surface area contributed by atoms with Gasteiger partial charge in [-0.1, -0.05) is 0 Å². The van der Waals surface area contributed by atoms with Crippen LogP contribution in [0.25, 0.3) is 0 Å². The Morgan fingerprint density at radius 1 is 1.17 bits per heavy atom. The third-order valence-corrected chi connectivity index (χ3v) is 4.68. The molecule has 2 heterocycles. The molecular formula is C18H33N3O3. The summed E-state index contributed by atoms with van der Waals surface area (Å²) in [5, 5.41) is 3.43. The number of rotatable bonds is 4. The van der Waals surface area contributed by atoms with Crippen molar-refractivity contribution in [3.63, 3.8) is 0 Å². The number of carbonyl (C=O) groups excluding carboxylic acids is 2. The van der Waals surface area contributed by atoms with Crippen molar-refractivity contribution < 1.29 is 14.3 Å². The lowest BCUT2D eigenvalue weighted by atomic mass is 10.1. The molecule has 0 aliphatic carbocycles. The van der Waals surface area contributed by atoms with Crippen LogP contribution < -0.4 is 5.32 Å². The van der Waals surface area contributed by atoms with Crippen LogP contribution in [-0.2, 0) is 9.53 Å². The first-order chi connectivity index (χ1) is 11.3. The van der Waals surface area contributed by atoms with Crippen LogP contribution in [0.3, 0.4) is 0 Å². The Kier molecular flexibility index (Phi) is 6.49. The number of hydrogen-bond donors (Lipinski definition) is 1. The van der Waals surface area contributed by atoms with E-state index >= 15 is 0 Å². The van der Waals surface area contributed by atoms with Crippen molar-refractivity contribution in [3.8, 4) is 0 Å². The summed E-state index contributed by atoms with van der Waals surface area (Å²) in [6.45, 7) is 10.8. The Labute approximate surface area is 145 Å². The summed E-state index contributed by atoms with van der Waals surface area (Å²) in [4.78, 5) is 28.2. The van der Waals surface area contributed by atoms with Gasteiger partial charge in [0.2, 0.25) is 5.91 Å². The quantitative estimate of drug-likeness (QED) is 0.854. The molecule has 24 heavy (non-hydrogen) atoms. The van der Waals surface area contributed by atoms with E-state index in [1.165, 1.54) is 6.42 Å². The lowest BCUT2D eigenvalue weighted by Crippen LogP contribution is -2.41. The summed E-state index contributed by atoms with van der Waals surface area (Å²) in [7, 11) is 0. The summed E-state index contributed by atoms with van der Waals surface area (Å²) in [6, 6.07) is 0.400. The average molecular weight is 339 g/mol. The third-order valence-electron chi connectivity index (χ3n) is 4.68. The molecule has 0 aromatic heterocycles. The maximum atomic E-state index is 12.2. The van der Waals surface area contributed by atoms with E-state index in [0.29, 0.717) is 19.5 Å². The van der Waals surface area contributed by atoms with Crippen LogP contribution in [0.15, 0.2) is 0 Å². The standard InChI is InChI=1S/C18H33N3O3/c1-14-12-15(13-21(14)17(23)24-18(2,3)4)19-9-8-16(22)20-10-6-5-7-11-20/h14-15,19H,5-13H2,1-4H3. The topological polar surface area (TPSA) is 61.9 Å². The molecule has 0 aromatic rings. The maximum absolute atomic E-state index is 12.2. The molecule has 1 N–H and O–H groups in total. The van der Waals surface area contributed by atoms with Crippen LogP contribution in [0, 0.1) is 0 Å². The van der Waals surface area contributed by atoms with Crippen LogP contribution >= 0.6 is 0 Å². The molecule has 6 heteroatoms. The molecule has 0 spiro atoms. The van der Waals surface area contributed by atoms with Gasteiger partial charge >= 0.3 is 6.09 Å². The van der Waals surface area contributed by atoms with E-state index in [0.717, 1.165) is 32.4 Å². The molecule has 2 rings (SSSR count). The number of hydrogen-bond acceptors (Lipinski definition) is 4. The smallest absolute Gasteiger partial charge is 0.410 e. The molecule has 0 bridgehead atoms. The van der Waals surface area contributed by atoms with Crippen LogP contribution in [0.4, 0.5) is 4.79 Å². The van der Waals surface area contributed by atoms with E-state index in [4.69, 9.17) is 4.74 Å². The van der Waals surface area contributed by atoms with Gasteiger partial charge in [-0.15, -0.1) is 0 Å². The van der Waals surface area contributed by atoms with Crippen molar-refractivity contribution in [1.82, 2.24) is 15.1 Å². The minimum Gasteiger partial charge on any atom is -0.444 e. The number of piperidine rings is 1. The highest BCUT2D eigenvalue weighted by Crippen LogP contribution is 2.21. The predicted molar refractivity (Wildman–Crippen MR) is 93.9 cm³/mol. The Morgan fingerprint density at radius 3 is 2.46 bits per heavy atom. The van der Waals surface area contributed by atoms with E-state index in [2.05, 4.69) is 5.32 Å². The predicted octanol–water partition coefficient (Wildman–Crippen LogP) is 2.38. The van der Waals surface area contributed by atoms with Gasteiger partial charge in [0.1, 0.15) is 5.60 Å². The summed E-state index contributed by atoms with van der Waals surface area (Å²) < 4.78 is 5.46. The van der Waals surface area contributed by atoms with Crippen LogP contribution in [0.1, 0.15) is 59.8 Å². The molecule has 2 atom stereocenters. The molecule has 2 aliphatic rings. The van der Waals surface area contributed by atoms with Gasteiger partial charge in [0.25, 0.3) is 0 Å². The first-order valence-corrected chi connectivity index (χ1v) is 9.27. The summed E-state index contributed by atoms with van der Waals surface area (Å²) >= 11 is 0. The largest absolute Gasteiger partial charge is 0.444 e. The summed E-state index contributed by atoms with van der Waals surface area (Å²) in [5.74, 6) is 0.247. The number of carbonyl (C=O) groups is 2. The van der Waals surface area contributed by atoms with Crippen molar-refractivity contribution in [3.05, 3.63) is 0 Å². The summed E-state index contributed by atoms with van der Waals surface area (Å²) in [5.41, 5.74) is -0.469. The first-order valence-electron chi connectivity index (χ1n) is 9.27. The fraction of sp³-hybridized carbons (Fsp3) is 0.889. The van der Waals surface area contributed by atoms with E-state index in [1.807, 2.05) is 32.6 Å². The molecule has 0 saturated carbocycles. The number of nitrogens with one attached hydrogen (secondary N) is 1. The minimum atomic E-state index is -0.469. The normalized spacial score (nSPS) is 25.0. The lowest BCUT2D eigenvalue weighted by Gasteiger charge is -2.27. The van der Waals surface area contributed by atoms with Crippen molar-refractivity contribution in [2.24, 2.45) is 0 Å². The van der Waals surface area contributed by atoms with Gasteiger partial charge in [-0.2, -0.15) is 0 Å². The van der Waals surface area contributed by atoms with E-state index in [-0.39, 0.29) is 24.1 Å². The molecule has 2 saturated heterocycles. The molecule has 6 nitrogen and oxygen atoms in total. The molecule has 0 radical (unpaired) electrons. The van der Waals surface area contributed by atoms with Crippen molar-refractivity contribution in [2.75, 3.05) is 26.2 Å². The average Bonchev–Trinajstić information content (AvgIpc) is 2.87. The second kappa shape index (κ2) is 8.19. The zero-order valence-electron chi connectivity index (χ0n) is 15.6. The second-order valence-corrected chi connectivity index (χ2v) is 8.06. The van der Waals surface area contributed by atoms with E-state index in [9.17, 15) is 9.59 Å². The second-order valence-electron chi connectivity index (χ2n) is 8.06. The maximum Gasteiger partial charge on any atom is 0.410 e. The fourth-order valence-electron chi connectivity index (χ4n) is 3.44.